The number of rotatable bonds is 5. The number of amides is 1. The second-order valence-corrected chi connectivity index (χ2v) is 6.90. The van der Waals surface area contributed by atoms with Crippen LogP contribution in [0.25, 0.3) is 5.52 Å². The van der Waals surface area contributed by atoms with Crippen LogP contribution >= 0.6 is 11.8 Å². The molecule has 2 aromatic heterocycles. The molecule has 3 rings (SSSR count). The Bertz CT molecular complexity index is 886. The molecular weight excluding hydrogens is 332 g/mol. The minimum Gasteiger partial charge on any atom is -0.378 e. The van der Waals surface area contributed by atoms with E-state index in [1.165, 1.54) is 11.8 Å². The van der Waals surface area contributed by atoms with Crippen LogP contribution in [0.4, 0.5) is 5.69 Å². The maximum absolute atomic E-state index is 12.9. The molecule has 1 amide bonds. The number of nitrogens with zero attached hydrogens (tertiary/aromatic N) is 4. The zero-order chi connectivity index (χ0) is 18.0. The van der Waals surface area contributed by atoms with Gasteiger partial charge >= 0.3 is 0 Å². The fraction of sp³-hybridized carbons (Fsp3) is 0.263. The minimum atomic E-state index is -0.0688. The van der Waals surface area contributed by atoms with Crippen molar-refractivity contribution in [2.75, 3.05) is 32.3 Å². The lowest BCUT2D eigenvalue weighted by Gasteiger charge is -2.17. The van der Waals surface area contributed by atoms with Crippen LogP contribution in [0.2, 0.25) is 0 Å². The van der Waals surface area contributed by atoms with Gasteiger partial charge in [0.1, 0.15) is 0 Å². The van der Waals surface area contributed by atoms with Crippen molar-refractivity contribution >= 4 is 28.9 Å². The standard InChI is InChI=1S/C19H22N4OS/c1-21(2)15-10-8-14(9-11-15)13-22(3)18(24)17-16-7-5-6-12-23(16)19(20-17)25-4/h5-12H,13H2,1-4H3. The molecule has 130 valence electrons. The highest BCUT2D eigenvalue weighted by atomic mass is 32.2. The Kier molecular flexibility index (Phi) is 4.99. The van der Waals surface area contributed by atoms with Gasteiger partial charge in [0.15, 0.2) is 10.9 Å². The van der Waals surface area contributed by atoms with Crippen LogP contribution in [0.3, 0.4) is 0 Å². The molecule has 0 bridgehead atoms. The highest BCUT2D eigenvalue weighted by Gasteiger charge is 2.20. The summed E-state index contributed by atoms with van der Waals surface area (Å²) in [7, 11) is 5.84. The van der Waals surface area contributed by atoms with Crippen molar-refractivity contribution < 1.29 is 4.79 Å². The maximum atomic E-state index is 12.9. The molecule has 25 heavy (non-hydrogen) atoms. The van der Waals surface area contributed by atoms with Gasteiger partial charge < -0.3 is 9.80 Å². The van der Waals surface area contributed by atoms with Crippen LogP contribution in [-0.2, 0) is 6.54 Å². The van der Waals surface area contributed by atoms with E-state index in [4.69, 9.17) is 0 Å². The van der Waals surface area contributed by atoms with E-state index in [0.29, 0.717) is 12.2 Å². The van der Waals surface area contributed by atoms with Gasteiger partial charge in [0.25, 0.3) is 5.91 Å². The number of benzene rings is 1. The van der Waals surface area contributed by atoms with Gasteiger partial charge in [0, 0.05) is 39.6 Å². The largest absolute Gasteiger partial charge is 0.378 e. The van der Waals surface area contributed by atoms with E-state index in [0.717, 1.165) is 21.9 Å². The van der Waals surface area contributed by atoms with Gasteiger partial charge in [0.2, 0.25) is 0 Å². The molecule has 0 N–H and O–H groups in total. The number of carbonyl (C=O) groups is 1. The van der Waals surface area contributed by atoms with Crippen LogP contribution in [0.1, 0.15) is 16.1 Å². The lowest BCUT2D eigenvalue weighted by Crippen LogP contribution is -2.26. The number of thioether (sulfide) groups is 1. The molecule has 0 aliphatic rings. The summed E-state index contributed by atoms with van der Waals surface area (Å²) in [6, 6.07) is 14.0. The molecule has 0 spiro atoms. The first-order valence-corrected chi connectivity index (χ1v) is 9.26. The third-order valence-corrected chi connectivity index (χ3v) is 4.77. The van der Waals surface area contributed by atoms with Gasteiger partial charge in [0.05, 0.1) is 5.52 Å². The lowest BCUT2D eigenvalue weighted by atomic mass is 10.2. The Morgan fingerprint density at radius 2 is 1.84 bits per heavy atom. The SMILES string of the molecule is CSc1nc(C(=O)N(C)Cc2ccc(N(C)C)cc2)c2ccccn12. The van der Waals surface area contributed by atoms with Crippen molar-refractivity contribution in [2.24, 2.45) is 0 Å². The van der Waals surface area contributed by atoms with Crippen molar-refractivity contribution in [1.29, 1.82) is 0 Å². The van der Waals surface area contributed by atoms with E-state index in [9.17, 15) is 4.79 Å². The first-order valence-electron chi connectivity index (χ1n) is 8.04. The topological polar surface area (TPSA) is 40.9 Å². The number of aromatic nitrogens is 2. The Morgan fingerprint density at radius 3 is 2.48 bits per heavy atom. The molecule has 0 aliphatic carbocycles. The summed E-state index contributed by atoms with van der Waals surface area (Å²) >= 11 is 1.53. The molecule has 0 saturated heterocycles. The predicted octanol–water partition coefficient (Wildman–Crippen LogP) is 3.39. The van der Waals surface area contributed by atoms with Gasteiger partial charge in [-0.3, -0.25) is 9.20 Å². The smallest absolute Gasteiger partial charge is 0.274 e. The van der Waals surface area contributed by atoms with E-state index < -0.39 is 0 Å². The number of hydrogen-bond donors (Lipinski definition) is 0. The molecule has 5 nitrogen and oxygen atoms in total. The summed E-state index contributed by atoms with van der Waals surface area (Å²) in [5.74, 6) is -0.0688. The molecular formula is C19H22N4OS. The Hall–Kier alpha value is -2.47. The summed E-state index contributed by atoms with van der Waals surface area (Å²) in [6.07, 6.45) is 3.90. The monoisotopic (exact) mass is 354 g/mol. The average molecular weight is 354 g/mol. The highest BCUT2D eigenvalue weighted by molar-refractivity contribution is 7.98. The zero-order valence-electron chi connectivity index (χ0n) is 14.9. The van der Waals surface area contributed by atoms with Gasteiger partial charge in [-0.25, -0.2) is 4.98 Å². The normalized spacial score (nSPS) is 10.9. The number of carbonyl (C=O) groups excluding carboxylic acids is 1. The van der Waals surface area contributed by atoms with E-state index in [2.05, 4.69) is 34.1 Å². The predicted molar refractivity (Wildman–Crippen MR) is 104 cm³/mol. The second kappa shape index (κ2) is 7.19. The van der Waals surface area contributed by atoms with Gasteiger partial charge in [-0.05, 0) is 36.1 Å². The first-order chi connectivity index (χ1) is 12.0. The molecule has 6 heteroatoms. The Morgan fingerprint density at radius 1 is 1.12 bits per heavy atom. The van der Waals surface area contributed by atoms with Crippen molar-refractivity contribution in [2.45, 2.75) is 11.7 Å². The number of fused-ring (bicyclic) bond motifs is 1. The quantitative estimate of drug-likeness (QED) is 0.659. The van der Waals surface area contributed by atoms with Gasteiger partial charge in [-0.15, -0.1) is 0 Å². The highest BCUT2D eigenvalue weighted by Crippen LogP contribution is 2.21. The number of hydrogen-bond acceptors (Lipinski definition) is 4. The Labute approximate surface area is 152 Å². The van der Waals surface area contributed by atoms with Crippen molar-refractivity contribution in [3.05, 3.63) is 59.9 Å². The molecule has 0 radical (unpaired) electrons. The van der Waals surface area contributed by atoms with Crippen LogP contribution in [0.5, 0.6) is 0 Å². The lowest BCUT2D eigenvalue weighted by molar-refractivity contribution is 0.0781. The molecule has 0 unspecified atom stereocenters. The van der Waals surface area contributed by atoms with Crippen molar-refractivity contribution in [3.63, 3.8) is 0 Å². The molecule has 0 saturated carbocycles. The maximum Gasteiger partial charge on any atom is 0.274 e. The third kappa shape index (κ3) is 3.49. The van der Waals surface area contributed by atoms with Crippen LogP contribution in [0, 0.1) is 0 Å². The summed E-state index contributed by atoms with van der Waals surface area (Å²) in [5.41, 5.74) is 3.57. The molecule has 1 aromatic carbocycles. The van der Waals surface area contributed by atoms with Gasteiger partial charge in [-0.1, -0.05) is 30.0 Å². The van der Waals surface area contributed by atoms with E-state index in [1.807, 2.05) is 56.2 Å². The zero-order valence-corrected chi connectivity index (χ0v) is 15.7. The van der Waals surface area contributed by atoms with Crippen LogP contribution in [0.15, 0.2) is 53.8 Å². The summed E-state index contributed by atoms with van der Waals surface area (Å²) in [6.45, 7) is 0.549. The van der Waals surface area contributed by atoms with Crippen LogP contribution < -0.4 is 4.90 Å². The van der Waals surface area contributed by atoms with Gasteiger partial charge in [-0.2, -0.15) is 0 Å². The number of imidazole rings is 1. The first kappa shape index (κ1) is 17.4. The van der Waals surface area contributed by atoms with E-state index in [1.54, 1.807) is 4.90 Å². The third-order valence-electron chi connectivity index (χ3n) is 4.12. The molecule has 3 aromatic rings. The number of anilines is 1. The molecule has 0 atom stereocenters. The molecule has 0 aliphatic heterocycles. The fourth-order valence-electron chi connectivity index (χ4n) is 2.74. The molecule has 2 heterocycles. The van der Waals surface area contributed by atoms with Crippen molar-refractivity contribution in [3.8, 4) is 0 Å². The summed E-state index contributed by atoms with van der Waals surface area (Å²) in [4.78, 5) is 21.2. The average Bonchev–Trinajstić information content (AvgIpc) is 3.00. The van der Waals surface area contributed by atoms with Crippen molar-refractivity contribution in [1.82, 2.24) is 14.3 Å². The van der Waals surface area contributed by atoms with E-state index >= 15 is 0 Å². The summed E-state index contributed by atoms with van der Waals surface area (Å²) in [5, 5.41) is 0.822. The fourth-order valence-corrected chi connectivity index (χ4v) is 3.28. The minimum absolute atomic E-state index is 0.0688. The Balaban J connectivity index is 1.83. The van der Waals surface area contributed by atoms with E-state index in [-0.39, 0.29) is 5.91 Å². The molecule has 0 fully saturated rings. The van der Waals surface area contributed by atoms with Crippen LogP contribution in [-0.4, -0.2) is 47.6 Å². The number of pyridine rings is 1. The summed E-state index contributed by atoms with van der Waals surface area (Å²) < 4.78 is 1.96. The second-order valence-electron chi connectivity index (χ2n) is 6.13.